The molecule has 0 bridgehead atoms. The number of carbonyl (C=O) groups excluding carboxylic acids is 1. The van der Waals surface area contributed by atoms with Crippen LogP contribution in [-0.4, -0.2) is 20.4 Å². The van der Waals surface area contributed by atoms with Gasteiger partial charge in [0.05, 0.1) is 17.7 Å². The molecule has 0 saturated carbocycles. The fourth-order valence-corrected chi connectivity index (χ4v) is 3.51. The Morgan fingerprint density at radius 1 is 1.21 bits per heavy atom. The standard InChI is InChI=1S/C16H19ClN2O4S/c1-11(2)15(16(20)18-10-13-4-3-9-23-13)19-24(21,22)14-7-5-12(17)6-8-14/h3-9,11,15,19H,10H2,1-2H3,(H,18,20). The quantitative estimate of drug-likeness (QED) is 0.783. The fraction of sp³-hybridized carbons (Fsp3) is 0.312. The van der Waals surface area contributed by atoms with E-state index in [1.165, 1.54) is 30.5 Å². The van der Waals surface area contributed by atoms with Crippen molar-refractivity contribution in [3.05, 3.63) is 53.4 Å². The average molecular weight is 371 g/mol. The van der Waals surface area contributed by atoms with E-state index >= 15 is 0 Å². The molecule has 0 saturated heterocycles. The summed E-state index contributed by atoms with van der Waals surface area (Å²) in [4.78, 5) is 12.4. The van der Waals surface area contributed by atoms with Crippen LogP contribution >= 0.6 is 11.6 Å². The third-order valence-corrected chi connectivity index (χ3v) is 5.08. The number of halogens is 1. The Hall–Kier alpha value is -1.83. The second-order valence-corrected chi connectivity index (χ2v) is 7.74. The van der Waals surface area contributed by atoms with Crippen LogP contribution in [0.25, 0.3) is 0 Å². The third-order valence-electron chi connectivity index (χ3n) is 3.37. The summed E-state index contributed by atoms with van der Waals surface area (Å²) in [7, 11) is -3.83. The molecule has 0 spiro atoms. The zero-order valence-electron chi connectivity index (χ0n) is 13.3. The molecule has 2 N–H and O–H groups in total. The molecule has 1 amide bonds. The number of furan rings is 1. The minimum absolute atomic E-state index is 0.0522. The van der Waals surface area contributed by atoms with Crippen LogP contribution in [0.2, 0.25) is 5.02 Å². The van der Waals surface area contributed by atoms with Crippen molar-refractivity contribution in [3.8, 4) is 0 Å². The van der Waals surface area contributed by atoms with Gasteiger partial charge in [-0.05, 0) is 42.3 Å². The van der Waals surface area contributed by atoms with E-state index in [2.05, 4.69) is 10.0 Å². The molecule has 130 valence electrons. The van der Waals surface area contributed by atoms with Crippen molar-refractivity contribution in [1.29, 1.82) is 0 Å². The summed E-state index contributed by atoms with van der Waals surface area (Å²) in [5.41, 5.74) is 0. The molecule has 1 aromatic heterocycles. The molecule has 0 aliphatic carbocycles. The van der Waals surface area contributed by atoms with Gasteiger partial charge in [0.1, 0.15) is 11.8 Å². The van der Waals surface area contributed by atoms with Crippen LogP contribution in [0.4, 0.5) is 0 Å². The van der Waals surface area contributed by atoms with Crippen LogP contribution in [0.3, 0.4) is 0 Å². The molecular formula is C16H19ClN2O4S. The van der Waals surface area contributed by atoms with Gasteiger partial charge in [-0.15, -0.1) is 0 Å². The first-order chi connectivity index (χ1) is 11.3. The van der Waals surface area contributed by atoms with E-state index in [1.807, 2.05) is 0 Å². The Labute approximate surface area is 146 Å². The molecule has 2 rings (SSSR count). The second kappa shape index (κ2) is 7.83. The Morgan fingerprint density at radius 3 is 2.42 bits per heavy atom. The van der Waals surface area contributed by atoms with Gasteiger partial charge in [0.15, 0.2) is 0 Å². The minimum atomic E-state index is -3.83. The summed E-state index contributed by atoms with van der Waals surface area (Å²) in [5.74, 6) is -0.0611. The second-order valence-electron chi connectivity index (χ2n) is 5.59. The van der Waals surface area contributed by atoms with Gasteiger partial charge in [0, 0.05) is 5.02 Å². The average Bonchev–Trinajstić information content (AvgIpc) is 3.04. The third kappa shape index (κ3) is 4.83. The Bertz CT molecular complexity index is 771. The first kappa shape index (κ1) is 18.5. The number of amides is 1. The highest BCUT2D eigenvalue weighted by molar-refractivity contribution is 7.89. The van der Waals surface area contributed by atoms with Crippen molar-refractivity contribution in [2.75, 3.05) is 0 Å². The van der Waals surface area contributed by atoms with Gasteiger partial charge in [0.2, 0.25) is 15.9 Å². The van der Waals surface area contributed by atoms with E-state index in [0.717, 1.165) is 0 Å². The van der Waals surface area contributed by atoms with E-state index in [1.54, 1.807) is 26.0 Å². The van der Waals surface area contributed by atoms with E-state index in [-0.39, 0.29) is 17.4 Å². The van der Waals surface area contributed by atoms with Crippen molar-refractivity contribution >= 4 is 27.5 Å². The molecule has 0 fully saturated rings. The van der Waals surface area contributed by atoms with Gasteiger partial charge < -0.3 is 9.73 Å². The molecule has 6 nitrogen and oxygen atoms in total. The van der Waals surface area contributed by atoms with Gasteiger partial charge in [-0.2, -0.15) is 4.72 Å². The topological polar surface area (TPSA) is 88.4 Å². The fourth-order valence-electron chi connectivity index (χ4n) is 2.04. The molecule has 1 heterocycles. The summed E-state index contributed by atoms with van der Waals surface area (Å²) in [6.07, 6.45) is 1.50. The van der Waals surface area contributed by atoms with Gasteiger partial charge in [0.25, 0.3) is 0 Å². The van der Waals surface area contributed by atoms with Crippen LogP contribution < -0.4 is 10.0 Å². The summed E-state index contributed by atoms with van der Waals surface area (Å²) < 4.78 is 32.5. The molecule has 0 aliphatic rings. The molecule has 0 aliphatic heterocycles. The highest BCUT2D eigenvalue weighted by Gasteiger charge is 2.28. The van der Waals surface area contributed by atoms with Gasteiger partial charge in [-0.3, -0.25) is 4.79 Å². The Morgan fingerprint density at radius 2 is 1.88 bits per heavy atom. The monoisotopic (exact) mass is 370 g/mol. The van der Waals surface area contributed by atoms with Crippen LogP contribution in [0.5, 0.6) is 0 Å². The van der Waals surface area contributed by atoms with E-state index in [4.69, 9.17) is 16.0 Å². The summed E-state index contributed by atoms with van der Waals surface area (Å²) in [5, 5.41) is 3.10. The molecule has 2 aromatic rings. The molecule has 1 atom stereocenters. The molecule has 24 heavy (non-hydrogen) atoms. The van der Waals surface area contributed by atoms with Gasteiger partial charge in [-0.25, -0.2) is 8.42 Å². The Balaban J connectivity index is 2.09. The number of benzene rings is 1. The first-order valence-electron chi connectivity index (χ1n) is 7.37. The maximum Gasteiger partial charge on any atom is 0.241 e. The normalized spacial score (nSPS) is 13.0. The van der Waals surface area contributed by atoms with Crippen molar-refractivity contribution in [3.63, 3.8) is 0 Å². The SMILES string of the molecule is CC(C)C(NS(=O)(=O)c1ccc(Cl)cc1)C(=O)NCc1ccco1. The lowest BCUT2D eigenvalue weighted by Crippen LogP contribution is -2.49. The summed E-state index contributed by atoms with van der Waals surface area (Å²) >= 11 is 5.77. The highest BCUT2D eigenvalue weighted by Crippen LogP contribution is 2.15. The van der Waals surface area contributed by atoms with Crippen LogP contribution in [0.1, 0.15) is 19.6 Å². The lowest BCUT2D eigenvalue weighted by atomic mass is 10.1. The largest absolute Gasteiger partial charge is 0.467 e. The first-order valence-corrected chi connectivity index (χ1v) is 9.23. The minimum Gasteiger partial charge on any atom is -0.467 e. The van der Waals surface area contributed by atoms with E-state index in [0.29, 0.717) is 10.8 Å². The van der Waals surface area contributed by atoms with Crippen LogP contribution in [0.15, 0.2) is 52.0 Å². The number of hydrogen-bond acceptors (Lipinski definition) is 4. The molecule has 8 heteroatoms. The zero-order valence-corrected chi connectivity index (χ0v) is 14.9. The van der Waals surface area contributed by atoms with Crippen molar-refractivity contribution < 1.29 is 17.6 Å². The molecule has 1 aromatic carbocycles. The number of rotatable bonds is 7. The van der Waals surface area contributed by atoms with Crippen LogP contribution in [-0.2, 0) is 21.4 Å². The summed E-state index contributed by atoms with van der Waals surface area (Å²) in [6.45, 7) is 3.72. The maximum atomic E-state index is 12.4. The predicted octanol–water partition coefficient (Wildman–Crippen LogP) is 2.55. The van der Waals surface area contributed by atoms with Crippen molar-refractivity contribution in [2.24, 2.45) is 5.92 Å². The summed E-state index contributed by atoms with van der Waals surface area (Å²) in [6, 6.07) is 8.29. The lowest BCUT2D eigenvalue weighted by molar-refractivity contribution is -0.123. The smallest absolute Gasteiger partial charge is 0.241 e. The lowest BCUT2D eigenvalue weighted by Gasteiger charge is -2.21. The molecule has 0 radical (unpaired) electrons. The van der Waals surface area contributed by atoms with E-state index in [9.17, 15) is 13.2 Å². The molecule has 1 unspecified atom stereocenters. The van der Waals surface area contributed by atoms with E-state index < -0.39 is 22.0 Å². The Kier molecular flexibility index (Phi) is 6.04. The molecular weight excluding hydrogens is 352 g/mol. The van der Waals surface area contributed by atoms with Gasteiger partial charge in [-0.1, -0.05) is 25.4 Å². The van der Waals surface area contributed by atoms with Crippen molar-refractivity contribution in [1.82, 2.24) is 10.0 Å². The van der Waals surface area contributed by atoms with Crippen molar-refractivity contribution in [2.45, 2.75) is 31.3 Å². The van der Waals surface area contributed by atoms with Crippen LogP contribution in [0, 0.1) is 5.92 Å². The number of sulfonamides is 1. The maximum absolute atomic E-state index is 12.4. The highest BCUT2D eigenvalue weighted by atomic mass is 35.5. The van der Waals surface area contributed by atoms with Gasteiger partial charge >= 0.3 is 0 Å². The predicted molar refractivity (Wildman–Crippen MR) is 91.0 cm³/mol. The number of hydrogen-bond donors (Lipinski definition) is 2. The number of nitrogens with one attached hydrogen (secondary N) is 2. The zero-order chi connectivity index (χ0) is 17.7. The number of carbonyl (C=O) groups is 1.